The molecule has 5 nitrogen and oxygen atoms in total. The molecular weight excluding hydrogens is 358 g/mol. The minimum atomic E-state index is 0.0160. The van der Waals surface area contributed by atoms with Crippen LogP contribution in [0.15, 0.2) is 52.3 Å². The highest BCUT2D eigenvalue weighted by molar-refractivity contribution is 7.98. The van der Waals surface area contributed by atoms with E-state index >= 15 is 0 Å². The molecule has 0 aliphatic carbocycles. The lowest BCUT2D eigenvalue weighted by atomic mass is 9.99. The molecule has 0 N–H and O–H groups in total. The van der Waals surface area contributed by atoms with E-state index in [0.29, 0.717) is 22.7 Å². The SMILES string of the molecule is CCC1CCCCN1C(=O)c1oc2ccccc2c1CSc1ncccn1. The number of aromatic nitrogens is 2. The van der Waals surface area contributed by atoms with Crippen molar-refractivity contribution in [2.24, 2.45) is 0 Å². The second-order valence-electron chi connectivity index (χ2n) is 6.78. The number of piperidine rings is 1. The fourth-order valence-corrected chi connectivity index (χ4v) is 4.57. The number of rotatable bonds is 5. The lowest BCUT2D eigenvalue weighted by Crippen LogP contribution is -2.43. The van der Waals surface area contributed by atoms with Crippen molar-refractivity contribution in [3.63, 3.8) is 0 Å². The van der Waals surface area contributed by atoms with Gasteiger partial charge in [-0.25, -0.2) is 9.97 Å². The molecule has 27 heavy (non-hydrogen) atoms. The first-order valence-electron chi connectivity index (χ1n) is 9.49. The van der Waals surface area contributed by atoms with Gasteiger partial charge in [0.1, 0.15) is 5.58 Å². The third kappa shape index (κ3) is 3.72. The normalized spacial score (nSPS) is 17.4. The highest BCUT2D eigenvalue weighted by atomic mass is 32.2. The van der Waals surface area contributed by atoms with E-state index in [1.54, 1.807) is 18.5 Å². The summed E-state index contributed by atoms with van der Waals surface area (Å²) in [5, 5.41) is 1.69. The first kappa shape index (κ1) is 18.0. The molecule has 0 spiro atoms. The Hall–Kier alpha value is -2.34. The molecule has 1 saturated heterocycles. The van der Waals surface area contributed by atoms with Crippen LogP contribution in [0.4, 0.5) is 0 Å². The number of fused-ring (bicyclic) bond motifs is 1. The highest BCUT2D eigenvalue weighted by Gasteiger charge is 2.30. The first-order valence-corrected chi connectivity index (χ1v) is 10.5. The molecule has 0 saturated carbocycles. The molecule has 1 aromatic carbocycles. The highest BCUT2D eigenvalue weighted by Crippen LogP contribution is 2.33. The van der Waals surface area contributed by atoms with Gasteiger partial charge in [-0.05, 0) is 37.8 Å². The molecule has 2 aromatic heterocycles. The van der Waals surface area contributed by atoms with Crippen molar-refractivity contribution in [3.05, 3.63) is 54.0 Å². The summed E-state index contributed by atoms with van der Waals surface area (Å²) >= 11 is 1.52. The Bertz CT molecular complexity index is 926. The summed E-state index contributed by atoms with van der Waals surface area (Å²) in [4.78, 5) is 23.9. The van der Waals surface area contributed by atoms with Gasteiger partial charge < -0.3 is 9.32 Å². The van der Waals surface area contributed by atoms with Crippen molar-refractivity contribution in [1.82, 2.24) is 14.9 Å². The number of amides is 1. The van der Waals surface area contributed by atoms with E-state index in [-0.39, 0.29) is 5.91 Å². The van der Waals surface area contributed by atoms with Crippen molar-refractivity contribution in [2.75, 3.05) is 6.54 Å². The zero-order chi connectivity index (χ0) is 18.6. The molecule has 3 aromatic rings. The fraction of sp³-hybridized carbons (Fsp3) is 0.381. The van der Waals surface area contributed by atoms with Crippen LogP contribution in [-0.4, -0.2) is 33.4 Å². The number of hydrogen-bond donors (Lipinski definition) is 0. The Kier molecular flexibility index (Phi) is 5.43. The van der Waals surface area contributed by atoms with Crippen LogP contribution in [0.3, 0.4) is 0 Å². The van der Waals surface area contributed by atoms with Crippen molar-refractivity contribution in [2.45, 2.75) is 49.6 Å². The van der Waals surface area contributed by atoms with Gasteiger partial charge in [0.25, 0.3) is 5.91 Å². The number of furan rings is 1. The Labute approximate surface area is 163 Å². The lowest BCUT2D eigenvalue weighted by molar-refractivity contribution is 0.0577. The summed E-state index contributed by atoms with van der Waals surface area (Å²) in [6.07, 6.45) is 7.77. The molecule has 3 heterocycles. The largest absolute Gasteiger partial charge is 0.451 e. The van der Waals surface area contributed by atoms with Crippen molar-refractivity contribution in [1.29, 1.82) is 0 Å². The van der Waals surface area contributed by atoms with E-state index in [1.165, 1.54) is 18.2 Å². The van der Waals surface area contributed by atoms with Crippen LogP contribution in [0.5, 0.6) is 0 Å². The summed E-state index contributed by atoms with van der Waals surface area (Å²) in [6.45, 7) is 2.96. The van der Waals surface area contributed by atoms with E-state index in [4.69, 9.17) is 4.42 Å². The van der Waals surface area contributed by atoms with Crippen LogP contribution in [0, 0.1) is 0 Å². The van der Waals surface area contributed by atoms with E-state index < -0.39 is 0 Å². The van der Waals surface area contributed by atoms with E-state index in [2.05, 4.69) is 16.9 Å². The molecule has 6 heteroatoms. The average molecular weight is 382 g/mol. The Balaban J connectivity index is 1.68. The number of nitrogens with zero attached hydrogens (tertiary/aromatic N) is 3. The van der Waals surface area contributed by atoms with Gasteiger partial charge in [-0.2, -0.15) is 0 Å². The minimum absolute atomic E-state index is 0.0160. The Morgan fingerprint density at radius 3 is 2.85 bits per heavy atom. The van der Waals surface area contributed by atoms with Gasteiger partial charge in [-0.3, -0.25) is 4.79 Å². The molecule has 4 rings (SSSR count). The van der Waals surface area contributed by atoms with Gasteiger partial charge in [0.05, 0.1) is 0 Å². The maximum atomic E-state index is 13.4. The number of para-hydroxylation sites is 1. The molecule has 1 atom stereocenters. The number of likely N-dealkylation sites (tertiary alicyclic amines) is 1. The molecule has 1 unspecified atom stereocenters. The lowest BCUT2D eigenvalue weighted by Gasteiger charge is -2.34. The van der Waals surface area contributed by atoms with Crippen molar-refractivity contribution in [3.8, 4) is 0 Å². The van der Waals surface area contributed by atoms with Crippen LogP contribution in [0.1, 0.15) is 48.7 Å². The Morgan fingerprint density at radius 1 is 1.22 bits per heavy atom. The maximum Gasteiger partial charge on any atom is 0.290 e. The van der Waals surface area contributed by atoms with Gasteiger partial charge in [0, 0.05) is 41.7 Å². The van der Waals surface area contributed by atoms with Gasteiger partial charge in [0.2, 0.25) is 0 Å². The van der Waals surface area contributed by atoms with Crippen LogP contribution >= 0.6 is 11.8 Å². The fourth-order valence-electron chi connectivity index (χ4n) is 3.73. The quantitative estimate of drug-likeness (QED) is 0.464. The molecule has 1 fully saturated rings. The summed E-state index contributed by atoms with van der Waals surface area (Å²) in [7, 11) is 0. The second kappa shape index (κ2) is 8.13. The van der Waals surface area contributed by atoms with Crippen molar-refractivity contribution >= 4 is 28.6 Å². The predicted octanol–water partition coefficient (Wildman–Crippen LogP) is 4.92. The number of thioether (sulfide) groups is 1. The minimum Gasteiger partial charge on any atom is -0.451 e. The summed E-state index contributed by atoms with van der Waals surface area (Å²) in [5.74, 6) is 1.09. The maximum absolute atomic E-state index is 13.4. The van der Waals surface area contributed by atoms with Crippen LogP contribution in [0.25, 0.3) is 11.0 Å². The summed E-state index contributed by atoms with van der Waals surface area (Å²) in [5.41, 5.74) is 1.70. The summed E-state index contributed by atoms with van der Waals surface area (Å²) < 4.78 is 6.05. The van der Waals surface area contributed by atoms with Gasteiger partial charge >= 0.3 is 0 Å². The van der Waals surface area contributed by atoms with Gasteiger partial charge in [-0.15, -0.1) is 0 Å². The molecule has 0 bridgehead atoms. The smallest absolute Gasteiger partial charge is 0.290 e. The second-order valence-corrected chi connectivity index (χ2v) is 7.72. The predicted molar refractivity (Wildman–Crippen MR) is 107 cm³/mol. The standard InChI is InChI=1S/C21H23N3O2S/c1-2-15-8-5-6-13-24(15)20(25)19-17(14-27-21-22-11-7-12-23-21)16-9-3-4-10-18(16)26-19/h3-4,7,9-12,15H,2,5-6,8,13-14H2,1H3. The molecule has 1 aliphatic heterocycles. The topological polar surface area (TPSA) is 59.2 Å². The molecule has 1 aliphatic rings. The molecule has 0 radical (unpaired) electrons. The van der Waals surface area contributed by atoms with Crippen LogP contribution in [0.2, 0.25) is 0 Å². The zero-order valence-corrected chi connectivity index (χ0v) is 16.2. The first-order chi connectivity index (χ1) is 13.3. The van der Waals surface area contributed by atoms with E-state index in [0.717, 1.165) is 42.3 Å². The van der Waals surface area contributed by atoms with Gasteiger partial charge in [-0.1, -0.05) is 36.9 Å². The average Bonchev–Trinajstić information content (AvgIpc) is 3.11. The van der Waals surface area contributed by atoms with Crippen LogP contribution < -0.4 is 0 Å². The monoisotopic (exact) mass is 381 g/mol. The number of carbonyl (C=O) groups is 1. The molecular formula is C21H23N3O2S. The molecule has 140 valence electrons. The summed E-state index contributed by atoms with van der Waals surface area (Å²) in [6, 6.07) is 9.96. The van der Waals surface area contributed by atoms with Crippen LogP contribution in [-0.2, 0) is 5.75 Å². The van der Waals surface area contributed by atoms with Crippen molar-refractivity contribution < 1.29 is 9.21 Å². The van der Waals surface area contributed by atoms with E-state index in [1.807, 2.05) is 29.2 Å². The van der Waals surface area contributed by atoms with E-state index in [9.17, 15) is 4.79 Å². The third-order valence-electron chi connectivity index (χ3n) is 5.14. The van der Waals surface area contributed by atoms with Gasteiger partial charge in [0.15, 0.2) is 10.9 Å². The zero-order valence-electron chi connectivity index (χ0n) is 15.4. The number of carbonyl (C=O) groups excluding carboxylic acids is 1. The number of hydrogen-bond acceptors (Lipinski definition) is 5. The number of benzene rings is 1. The third-order valence-corrected chi connectivity index (χ3v) is 6.04. The Morgan fingerprint density at radius 2 is 2.04 bits per heavy atom. The molecule has 1 amide bonds.